The molecule has 0 spiro atoms. The smallest absolute Gasteiger partial charge is 0.222 e. The van der Waals surface area contributed by atoms with Crippen LogP contribution in [0.1, 0.15) is 37.4 Å². The third kappa shape index (κ3) is 5.38. The Kier molecular flexibility index (Phi) is 5.80. The average Bonchev–Trinajstić information content (AvgIpc) is 2.49. The number of carbonyl (C=O) groups is 1. The summed E-state index contributed by atoms with van der Waals surface area (Å²) in [6.45, 7) is 3.98. The van der Waals surface area contributed by atoms with Gasteiger partial charge in [0, 0.05) is 23.0 Å². The quantitative estimate of drug-likeness (QED) is 0.844. The first kappa shape index (κ1) is 17.5. The summed E-state index contributed by atoms with van der Waals surface area (Å²) < 4.78 is 0. The summed E-state index contributed by atoms with van der Waals surface area (Å²) in [7, 11) is 0. The van der Waals surface area contributed by atoms with Crippen molar-refractivity contribution in [1.82, 2.24) is 5.32 Å². The van der Waals surface area contributed by atoms with Crippen molar-refractivity contribution in [1.29, 1.82) is 0 Å². The van der Waals surface area contributed by atoms with Crippen LogP contribution >= 0.6 is 11.6 Å². The molecule has 23 heavy (non-hydrogen) atoms. The zero-order valence-corrected chi connectivity index (χ0v) is 14.3. The van der Waals surface area contributed by atoms with Crippen molar-refractivity contribution in [2.75, 3.05) is 0 Å². The number of hydrogen-bond donors (Lipinski definition) is 2. The number of nitrogens with two attached hydrogens (primary N) is 1. The van der Waals surface area contributed by atoms with Crippen molar-refractivity contribution < 1.29 is 4.79 Å². The van der Waals surface area contributed by atoms with Crippen molar-refractivity contribution in [3.8, 4) is 0 Å². The maximum atomic E-state index is 12.3. The highest BCUT2D eigenvalue weighted by atomic mass is 35.5. The summed E-state index contributed by atoms with van der Waals surface area (Å²) in [5, 5.41) is 3.77. The topological polar surface area (TPSA) is 55.1 Å². The molecule has 0 aliphatic heterocycles. The minimum atomic E-state index is -0.390. The highest BCUT2D eigenvalue weighted by Gasteiger charge is 2.23. The van der Waals surface area contributed by atoms with Crippen LogP contribution in [0.3, 0.4) is 0 Å². The number of halogens is 1. The molecular formula is C19H23ClN2O. The van der Waals surface area contributed by atoms with Gasteiger partial charge in [0.2, 0.25) is 5.91 Å². The third-order valence-corrected chi connectivity index (χ3v) is 4.07. The van der Waals surface area contributed by atoms with E-state index in [0.717, 1.165) is 16.1 Å². The molecule has 4 heteroatoms. The zero-order chi connectivity index (χ0) is 16.9. The minimum absolute atomic E-state index is 0.0570. The first-order chi connectivity index (χ1) is 10.9. The predicted octanol–water partition coefficient (Wildman–Crippen LogP) is 3.87. The molecule has 0 radical (unpaired) electrons. The third-order valence-electron chi connectivity index (χ3n) is 3.70. The second-order valence-corrected chi connectivity index (χ2v) is 6.83. The van der Waals surface area contributed by atoms with E-state index in [1.54, 1.807) is 0 Å². The van der Waals surface area contributed by atoms with Crippen molar-refractivity contribution in [2.45, 2.75) is 38.3 Å². The van der Waals surface area contributed by atoms with Gasteiger partial charge in [-0.2, -0.15) is 0 Å². The molecule has 1 unspecified atom stereocenters. The molecule has 3 nitrogen and oxygen atoms in total. The number of amides is 1. The van der Waals surface area contributed by atoms with Crippen LogP contribution in [0.15, 0.2) is 54.6 Å². The first-order valence-corrected chi connectivity index (χ1v) is 8.10. The molecule has 3 N–H and O–H groups in total. The minimum Gasteiger partial charge on any atom is -0.351 e. The summed E-state index contributed by atoms with van der Waals surface area (Å²) in [5.41, 5.74) is 7.70. The SMILES string of the molecule is CC(C)(Cc1ccccc1Cl)NC(=O)CC(N)c1ccccc1. The van der Waals surface area contributed by atoms with Gasteiger partial charge in [-0.15, -0.1) is 0 Å². The Balaban J connectivity index is 1.94. The van der Waals surface area contributed by atoms with Crippen molar-refractivity contribution in [2.24, 2.45) is 5.73 Å². The van der Waals surface area contributed by atoms with Gasteiger partial charge in [0.25, 0.3) is 0 Å². The van der Waals surface area contributed by atoms with Crippen LogP contribution in [-0.2, 0) is 11.2 Å². The van der Waals surface area contributed by atoms with E-state index in [2.05, 4.69) is 5.32 Å². The number of hydrogen-bond acceptors (Lipinski definition) is 2. The molecule has 2 aromatic rings. The second-order valence-electron chi connectivity index (χ2n) is 6.42. The Morgan fingerprint density at radius 1 is 1.13 bits per heavy atom. The van der Waals surface area contributed by atoms with E-state index in [-0.39, 0.29) is 18.4 Å². The highest BCUT2D eigenvalue weighted by molar-refractivity contribution is 6.31. The van der Waals surface area contributed by atoms with E-state index in [0.29, 0.717) is 6.42 Å². The first-order valence-electron chi connectivity index (χ1n) is 7.72. The monoisotopic (exact) mass is 330 g/mol. The van der Waals surface area contributed by atoms with Gasteiger partial charge in [0.15, 0.2) is 0 Å². The van der Waals surface area contributed by atoms with Crippen molar-refractivity contribution >= 4 is 17.5 Å². The van der Waals surface area contributed by atoms with Crippen LogP contribution < -0.4 is 11.1 Å². The molecule has 2 rings (SSSR count). The van der Waals surface area contributed by atoms with Crippen LogP contribution in [0.5, 0.6) is 0 Å². The fourth-order valence-electron chi connectivity index (χ4n) is 2.61. The van der Waals surface area contributed by atoms with Gasteiger partial charge in [0.05, 0.1) is 0 Å². The molecule has 0 heterocycles. The average molecular weight is 331 g/mol. The normalized spacial score (nSPS) is 12.7. The number of benzene rings is 2. The Bertz CT molecular complexity index is 655. The van der Waals surface area contributed by atoms with Crippen molar-refractivity contribution in [3.05, 3.63) is 70.7 Å². The Morgan fingerprint density at radius 3 is 2.39 bits per heavy atom. The molecule has 122 valence electrons. The summed E-state index contributed by atoms with van der Waals surface area (Å²) >= 11 is 6.20. The summed E-state index contributed by atoms with van der Waals surface area (Å²) in [4.78, 5) is 12.3. The molecule has 1 atom stereocenters. The molecule has 0 fully saturated rings. The van der Waals surface area contributed by atoms with Gasteiger partial charge in [-0.3, -0.25) is 4.79 Å². The van der Waals surface area contributed by atoms with Gasteiger partial charge in [0.1, 0.15) is 0 Å². The Morgan fingerprint density at radius 2 is 1.74 bits per heavy atom. The standard InChI is InChI=1S/C19H23ClN2O/c1-19(2,13-15-10-6-7-11-16(15)20)22-18(23)12-17(21)14-8-4-3-5-9-14/h3-11,17H,12-13,21H2,1-2H3,(H,22,23). The molecule has 0 aliphatic carbocycles. The summed E-state index contributed by atoms with van der Waals surface area (Å²) in [6.07, 6.45) is 0.926. The Hall–Kier alpha value is -1.84. The lowest BCUT2D eigenvalue weighted by Crippen LogP contribution is -2.45. The molecule has 0 aromatic heterocycles. The van der Waals surface area contributed by atoms with Crippen LogP contribution in [0, 0.1) is 0 Å². The highest BCUT2D eigenvalue weighted by Crippen LogP contribution is 2.21. The van der Waals surface area contributed by atoms with Crippen LogP contribution in [0.25, 0.3) is 0 Å². The molecule has 2 aromatic carbocycles. The number of nitrogens with one attached hydrogen (secondary N) is 1. The van der Waals surface area contributed by atoms with Gasteiger partial charge < -0.3 is 11.1 Å². The van der Waals surface area contributed by atoms with E-state index < -0.39 is 5.54 Å². The van der Waals surface area contributed by atoms with E-state index in [1.165, 1.54) is 0 Å². The lowest BCUT2D eigenvalue weighted by Gasteiger charge is -2.27. The van der Waals surface area contributed by atoms with Gasteiger partial charge in [-0.05, 0) is 37.5 Å². The summed E-state index contributed by atoms with van der Waals surface area (Å²) in [5.74, 6) is -0.0570. The van der Waals surface area contributed by atoms with E-state index >= 15 is 0 Å². The maximum absolute atomic E-state index is 12.3. The van der Waals surface area contributed by atoms with Crippen molar-refractivity contribution in [3.63, 3.8) is 0 Å². The second kappa shape index (κ2) is 7.62. The molecule has 0 bridgehead atoms. The molecule has 0 saturated heterocycles. The fourth-order valence-corrected chi connectivity index (χ4v) is 2.81. The predicted molar refractivity (Wildman–Crippen MR) is 95.4 cm³/mol. The fraction of sp³-hybridized carbons (Fsp3) is 0.316. The van der Waals surface area contributed by atoms with E-state index in [4.69, 9.17) is 17.3 Å². The molecule has 1 amide bonds. The van der Waals surface area contributed by atoms with Crippen LogP contribution in [0.2, 0.25) is 5.02 Å². The lowest BCUT2D eigenvalue weighted by molar-refractivity contribution is -0.123. The summed E-state index contributed by atoms with van der Waals surface area (Å²) in [6, 6.07) is 17.0. The molecule has 0 saturated carbocycles. The van der Waals surface area contributed by atoms with Crippen LogP contribution in [-0.4, -0.2) is 11.4 Å². The van der Waals surface area contributed by atoms with E-state index in [9.17, 15) is 4.79 Å². The van der Waals surface area contributed by atoms with Gasteiger partial charge in [-0.1, -0.05) is 60.1 Å². The van der Waals surface area contributed by atoms with Gasteiger partial charge in [-0.25, -0.2) is 0 Å². The molecule has 0 aliphatic rings. The number of carbonyl (C=O) groups excluding carboxylic acids is 1. The Labute approximate surface area is 142 Å². The molecular weight excluding hydrogens is 308 g/mol. The van der Waals surface area contributed by atoms with Gasteiger partial charge >= 0.3 is 0 Å². The number of rotatable bonds is 6. The lowest BCUT2D eigenvalue weighted by atomic mass is 9.94. The van der Waals surface area contributed by atoms with E-state index in [1.807, 2.05) is 68.4 Å². The zero-order valence-electron chi connectivity index (χ0n) is 13.6. The maximum Gasteiger partial charge on any atom is 0.222 e. The van der Waals surface area contributed by atoms with Crippen LogP contribution in [0.4, 0.5) is 0 Å². The largest absolute Gasteiger partial charge is 0.351 e.